The Hall–Kier alpha value is -2.22. The Bertz CT molecular complexity index is 955. The minimum absolute atomic E-state index is 0.242. The number of rotatable bonds is 5. The molecule has 3 aliphatic rings. The quantitative estimate of drug-likeness (QED) is 0.850. The molecule has 148 valence electrons. The smallest absolute Gasteiger partial charge is 0.302 e. The molecule has 0 radical (unpaired) electrons. The van der Waals surface area contributed by atoms with Gasteiger partial charge in [-0.1, -0.05) is 37.3 Å². The Kier molecular flexibility index (Phi) is 3.91. The molecule has 7 nitrogen and oxygen atoms in total. The maximum absolute atomic E-state index is 11.9. The molecule has 2 fully saturated rings. The minimum atomic E-state index is -0.918. The van der Waals surface area contributed by atoms with Gasteiger partial charge >= 0.3 is 6.01 Å². The molecule has 0 spiro atoms. The first-order chi connectivity index (χ1) is 13.5. The van der Waals surface area contributed by atoms with Crippen LogP contribution >= 0.6 is 0 Å². The van der Waals surface area contributed by atoms with Crippen molar-refractivity contribution in [3.8, 4) is 6.01 Å². The average molecular weight is 384 g/mol. The van der Waals surface area contributed by atoms with Crippen molar-refractivity contribution >= 4 is 0 Å². The van der Waals surface area contributed by atoms with Crippen LogP contribution in [0.4, 0.5) is 0 Å². The Balaban J connectivity index is 1.51. The van der Waals surface area contributed by atoms with Crippen molar-refractivity contribution in [2.45, 2.75) is 69.4 Å². The van der Waals surface area contributed by atoms with Gasteiger partial charge in [0.25, 0.3) is 5.56 Å². The molecule has 1 aromatic carbocycles. The summed E-state index contributed by atoms with van der Waals surface area (Å²) in [7, 11) is 0. The Morgan fingerprint density at radius 3 is 2.75 bits per heavy atom. The summed E-state index contributed by atoms with van der Waals surface area (Å²) >= 11 is 0. The van der Waals surface area contributed by atoms with Crippen LogP contribution < -0.4 is 10.3 Å². The van der Waals surface area contributed by atoms with Gasteiger partial charge in [0.2, 0.25) is 0 Å². The number of aryl methyl sites for hydroxylation is 1. The number of benzene rings is 1. The molecule has 1 unspecified atom stereocenters. The van der Waals surface area contributed by atoms with E-state index in [0.717, 1.165) is 5.56 Å². The third kappa shape index (κ3) is 2.46. The van der Waals surface area contributed by atoms with Crippen molar-refractivity contribution in [1.29, 1.82) is 0 Å². The zero-order valence-electron chi connectivity index (χ0n) is 16.0. The maximum atomic E-state index is 11.9. The molecule has 4 atom stereocenters. The minimum Gasteiger partial charge on any atom is -0.453 e. The largest absolute Gasteiger partial charge is 0.453 e. The molecule has 1 aliphatic carbocycles. The molecular weight excluding hydrogens is 360 g/mol. The van der Waals surface area contributed by atoms with Crippen LogP contribution in [0.15, 0.2) is 41.3 Å². The number of hydrogen-bond acceptors (Lipinski definition) is 6. The predicted octanol–water partition coefficient (Wildman–Crippen LogP) is 2.10. The zero-order valence-corrected chi connectivity index (χ0v) is 16.0. The number of hydrogen-bond donors (Lipinski definition) is 1. The van der Waals surface area contributed by atoms with Crippen molar-refractivity contribution in [3.05, 3.63) is 58.0 Å². The fourth-order valence-corrected chi connectivity index (χ4v) is 4.56. The zero-order chi connectivity index (χ0) is 19.5. The lowest BCUT2D eigenvalue weighted by atomic mass is 9.84. The fourth-order valence-electron chi connectivity index (χ4n) is 4.56. The predicted molar refractivity (Wildman–Crippen MR) is 100.0 cm³/mol. The second-order valence-electron chi connectivity index (χ2n) is 8.00. The second kappa shape index (κ2) is 6.14. The average Bonchev–Trinajstić information content (AvgIpc) is 3.25. The number of ether oxygens (including phenoxy) is 3. The van der Waals surface area contributed by atoms with Crippen LogP contribution in [0.2, 0.25) is 0 Å². The fraction of sp³-hybridized carbons (Fsp3) is 0.524. The lowest BCUT2D eigenvalue weighted by molar-refractivity contribution is -0.191. The highest BCUT2D eigenvalue weighted by atomic mass is 16.7. The summed E-state index contributed by atoms with van der Waals surface area (Å²) in [6.07, 6.45) is 2.24. The highest BCUT2D eigenvalue weighted by Crippen LogP contribution is 2.58. The molecule has 1 N–H and O–H groups in total. The van der Waals surface area contributed by atoms with Gasteiger partial charge in [-0.15, -0.1) is 0 Å². The van der Waals surface area contributed by atoms with Crippen LogP contribution in [0.5, 0.6) is 6.01 Å². The van der Waals surface area contributed by atoms with E-state index in [1.165, 1.54) is 0 Å². The number of aliphatic hydroxyl groups is 1. The van der Waals surface area contributed by atoms with E-state index < -0.39 is 29.6 Å². The molecule has 3 heterocycles. The van der Waals surface area contributed by atoms with Crippen LogP contribution in [-0.2, 0) is 16.1 Å². The summed E-state index contributed by atoms with van der Waals surface area (Å²) in [6, 6.07) is 10.1. The van der Waals surface area contributed by atoms with Gasteiger partial charge in [-0.2, -0.15) is 4.98 Å². The van der Waals surface area contributed by atoms with E-state index in [1.807, 2.05) is 37.3 Å². The van der Waals surface area contributed by atoms with Gasteiger partial charge < -0.3 is 19.3 Å². The lowest BCUT2D eigenvalue weighted by Crippen LogP contribution is -2.55. The molecule has 0 amide bonds. The standard InChI is InChI=1S/C21H24N2O5/c1-3-21(20(25)9-10-20)16(26-12-14-7-5-4-6-8-14)15-18(28-21)23-11-13(2)17(24)22-19(23)27-15/h4-8,11,15-16,18,25H,3,9-10,12H2,1-2H3/t15-,16?,18+,21+/m0/s1. The van der Waals surface area contributed by atoms with Crippen LogP contribution in [-0.4, -0.2) is 38.1 Å². The van der Waals surface area contributed by atoms with E-state index in [4.69, 9.17) is 14.2 Å². The topological polar surface area (TPSA) is 82.8 Å². The number of nitrogens with zero attached hydrogens (tertiary/aromatic N) is 2. The molecule has 0 bridgehead atoms. The van der Waals surface area contributed by atoms with Gasteiger partial charge in [-0.3, -0.25) is 9.36 Å². The first-order valence-electron chi connectivity index (χ1n) is 9.80. The molecule has 28 heavy (non-hydrogen) atoms. The molecule has 2 aliphatic heterocycles. The van der Waals surface area contributed by atoms with E-state index in [-0.39, 0.29) is 11.6 Å². The molecule has 1 saturated heterocycles. The summed E-state index contributed by atoms with van der Waals surface area (Å²) < 4.78 is 20.6. The van der Waals surface area contributed by atoms with Crippen molar-refractivity contribution in [1.82, 2.24) is 9.55 Å². The highest BCUT2D eigenvalue weighted by molar-refractivity contribution is 5.24. The van der Waals surface area contributed by atoms with Crippen molar-refractivity contribution < 1.29 is 19.3 Å². The summed E-state index contributed by atoms with van der Waals surface area (Å²) in [5.74, 6) is 0. The third-order valence-corrected chi connectivity index (χ3v) is 6.28. The molecule has 2 aromatic rings. The third-order valence-electron chi connectivity index (χ3n) is 6.28. The number of aromatic nitrogens is 2. The van der Waals surface area contributed by atoms with Gasteiger partial charge in [0.1, 0.15) is 11.7 Å². The molecule has 7 heteroatoms. The van der Waals surface area contributed by atoms with Crippen LogP contribution in [0, 0.1) is 6.92 Å². The lowest BCUT2D eigenvalue weighted by Gasteiger charge is -2.39. The van der Waals surface area contributed by atoms with Crippen LogP contribution in [0.1, 0.15) is 43.5 Å². The van der Waals surface area contributed by atoms with E-state index in [2.05, 4.69) is 4.98 Å². The van der Waals surface area contributed by atoms with Gasteiger partial charge in [0, 0.05) is 11.8 Å². The van der Waals surface area contributed by atoms with Crippen molar-refractivity contribution in [2.75, 3.05) is 0 Å². The summed E-state index contributed by atoms with van der Waals surface area (Å²) in [5.41, 5.74) is -0.518. The van der Waals surface area contributed by atoms with E-state index >= 15 is 0 Å². The summed E-state index contributed by atoms with van der Waals surface area (Å²) in [5, 5.41) is 11.1. The molecule has 5 rings (SSSR count). The SMILES string of the molecule is CC[C@@]1(C2(O)CC2)O[C@@H]2[C@@H](Oc3nc(=O)c(C)cn32)C1OCc1ccccc1. The first kappa shape index (κ1) is 17.8. The molecule has 1 saturated carbocycles. The van der Waals surface area contributed by atoms with Crippen molar-refractivity contribution in [3.63, 3.8) is 0 Å². The van der Waals surface area contributed by atoms with Crippen LogP contribution in [0.3, 0.4) is 0 Å². The summed E-state index contributed by atoms with van der Waals surface area (Å²) in [6.45, 7) is 4.11. The van der Waals surface area contributed by atoms with E-state index in [9.17, 15) is 9.90 Å². The maximum Gasteiger partial charge on any atom is 0.302 e. The summed E-state index contributed by atoms with van der Waals surface area (Å²) in [4.78, 5) is 16.0. The normalized spacial score (nSPS) is 31.9. The van der Waals surface area contributed by atoms with E-state index in [1.54, 1.807) is 17.7 Å². The highest BCUT2D eigenvalue weighted by Gasteiger charge is 2.71. The van der Waals surface area contributed by atoms with Gasteiger partial charge in [0.05, 0.1) is 12.2 Å². The van der Waals surface area contributed by atoms with Gasteiger partial charge in [0.15, 0.2) is 12.3 Å². The number of fused-ring (bicyclic) bond motifs is 3. The first-order valence-corrected chi connectivity index (χ1v) is 9.80. The second-order valence-corrected chi connectivity index (χ2v) is 8.00. The van der Waals surface area contributed by atoms with Crippen LogP contribution in [0.25, 0.3) is 0 Å². The van der Waals surface area contributed by atoms with Gasteiger partial charge in [-0.05, 0) is 31.7 Å². The van der Waals surface area contributed by atoms with Crippen molar-refractivity contribution in [2.24, 2.45) is 0 Å². The van der Waals surface area contributed by atoms with Gasteiger partial charge in [-0.25, -0.2) is 0 Å². The Morgan fingerprint density at radius 1 is 1.32 bits per heavy atom. The van der Waals surface area contributed by atoms with E-state index in [0.29, 0.717) is 31.4 Å². The Morgan fingerprint density at radius 2 is 2.07 bits per heavy atom. The monoisotopic (exact) mass is 384 g/mol. The molecule has 1 aromatic heterocycles. The Labute approximate surface area is 162 Å². The molecular formula is C21H24N2O5.